The Bertz CT molecular complexity index is 398. The Morgan fingerprint density at radius 1 is 1.47 bits per heavy atom. The van der Waals surface area contributed by atoms with Gasteiger partial charge >= 0.3 is 0 Å². The van der Waals surface area contributed by atoms with Gasteiger partial charge in [-0.3, -0.25) is 0 Å². The van der Waals surface area contributed by atoms with Crippen molar-refractivity contribution in [2.75, 3.05) is 25.5 Å². The highest BCUT2D eigenvalue weighted by atomic mass is 32.1. The van der Waals surface area contributed by atoms with Crippen LogP contribution in [0.25, 0.3) is 0 Å². The van der Waals surface area contributed by atoms with E-state index < -0.39 is 0 Å². The van der Waals surface area contributed by atoms with E-state index in [1.54, 1.807) is 0 Å². The molecule has 0 aliphatic heterocycles. The quantitative estimate of drug-likeness (QED) is 0.827. The predicted molar refractivity (Wildman–Crippen MR) is 84.2 cm³/mol. The molecule has 1 saturated carbocycles. The fraction of sp³-hybridized carbons (Fsp3) is 0.800. The molecule has 1 atom stereocenters. The molecule has 1 heterocycles. The van der Waals surface area contributed by atoms with Gasteiger partial charge in [0.05, 0.1) is 5.69 Å². The Balaban J connectivity index is 2.10. The van der Waals surface area contributed by atoms with E-state index in [2.05, 4.69) is 31.1 Å². The number of hydrogen-bond donors (Lipinski definition) is 1. The zero-order valence-corrected chi connectivity index (χ0v) is 13.5. The Kier molecular flexibility index (Phi) is 5.22. The van der Waals surface area contributed by atoms with Crippen molar-refractivity contribution in [3.05, 3.63) is 10.6 Å². The van der Waals surface area contributed by atoms with E-state index in [-0.39, 0.29) is 0 Å². The van der Waals surface area contributed by atoms with Crippen LogP contribution in [0.3, 0.4) is 0 Å². The van der Waals surface area contributed by atoms with Gasteiger partial charge in [0.1, 0.15) is 0 Å². The van der Waals surface area contributed by atoms with E-state index in [1.165, 1.54) is 41.5 Å². The monoisotopic (exact) mass is 281 g/mol. The topological polar surface area (TPSA) is 28.2 Å². The molecule has 1 aliphatic rings. The fourth-order valence-corrected chi connectivity index (χ4v) is 3.68. The van der Waals surface area contributed by atoms with Crippen LogP contribution in [0.1, 0.15) is 56.0 Å². The lowest BCUT2D eigenvalue weighted by Gasteiger charge is -2.29. The molecule has 2 rings (SSSR count). The van der Waals surface area contributed by atoms with Crippen molar-refractivity contribution < 1.29 is 0 Å². The summed E-state index contributed by atoms with van der Waals surface area (Å²) in [6.45, 7) is 6.63. The molecule has 1 fully saturated rings. The van der Waals surface area contributed by atoms with Gasteiger partial charge in [0.2, 0.25) is 0 Å². The van der Waals surface area contributed by atoms with Crippen molar-refractivity contribution >= 4 is 16.5 Å². The van der Waals surface area contributed by atoms with Crippen molar-refractivity contribution in [2.24, 2.45) is 5.92 Å². The summed E-state index contributed by atoms with van der Waals surface area (Å²) < 4.78 is 0. The highest BCUT2D eigenvalue weighted by molar-refractivity contribution is 7.15. The van der Waals surface area contributed by atoms with Gasteiger partial charge in [-0.05, 0) is 38.1 Å². The minimum absolute atomic E-state index is 0.561. The molecule has 1 aliphatic carbocycles. The van der Waals surface area contributed by atoms with E-state index in [4.69, 9.17) is 4.98 Å². The molecule has 0 bridgehead atoms. The maximum atomic E-state index is 4.92. The van der Waals surface area contributed by atoms with Gasteiger partial charge in [0.25, 0.3) is 0 Å². The van der Waals surface area contributed by atoms with Crippen molar-refractivity contribution in [2.45, 2.75) is 52.0 Å². The fourth-order valence-electron chi connectivity index (χ4n) is 2.52. The average Bonchev–Trinajstić information content (AvgIpc) is 2.77. The minimum atomic E-state index is 0.561. The van der Waals surface area contributed by atoms with Crippen molar-refractivity contribution in [3.8, 4) is 0 Å². The largest absolute Gasteiger partial charge is 0.351 e. The third-order valence-corrected chi connectivity index (χ3v) is 5.40. The van der Waals surface area contributed by atoms with Gasteiger partial charge in [-0.1, -0.05) is 20.3 Å². The van der Waals surface area contributed by atoms with Crippen molar-refractivity contribution in [3.63, 3.8) is 0 Å². The van der Waals surface area contributed by atoms with E-state index in [1.807, 2.05) is 18.4 Å². The molecule has 4 heteroatoms. The summed E-state index contributed by atoms with van der Waals surface area (Å²) in [5.41, 5.74) is 1.30. The van der Waals surface area contributed by atoms with Crippen LogP contribution in [-0.2, 0) is 6.54 Å². The van der Waals surface area contributed by atoms with Crippen LogP contribution in [0.2, 0.25) is 0 Å². The van der Waals surface area contributed by atoms with Crippen LogP contribution in [0.5, 0.6) is 0 Å². The molecule has 1 aromatic heterocycles. The number of rotatable bonds is 7. The van der Waals surface area contributed by atoms with E-state index in [0.29, 0.717) is 5.92 Å². The Hall–Kier alpha value is -0.610. The number of nitrogens with one attached hydrogen (secondary N) is 1. The molecule has 1 aromatic rings. The Morgan fingerprint density at radius 2 is 2.21 bits per heavy atom. The summed E-state index contributed by atoms with van der Waals surface area (Å²) in [7, 11) is 4.21. The summed E-state index contributed by atoms with van der Waals surface area (Å²) >= 11 is 1.86. The molecule has 1 unspecified atom stereocenters. The summed E-state index contributed by atoms with van der Waals surface area (Å²) in [6.07, 6.45) is 5.38. The number of thiazole rings is 1. The normalized spacial score (nSPS) is 17.3. The van der Waals surface area contributed by atoms with Gasteiger partial charge in [-0.25, -0.2) is 4.98 Å². The van der Waals surface area contributed by atoms with Crippen LogP contribution in [-0.4, -0.2) is 25.6 Å². The Morgan fingerprint density at radius 3 is 2.74 bits per heavy atom. The third kappa shape index (κ3) is 3.48. The zero-order chi connectivity index (χ0) is 13.8. The first kappa shape index (κ1) is 14.8. The molecule has 108 valence electrons. The zero-order valence-electron chi connectivity index (χ0n) is 12.7. The second-order valence-electron chi connectivity index (χ2n) is 5.82. The third-order valence-electron chi connectivity index (χ3n) is 4.22. The maximum Gasteiger partial charge on any atom is 0.185 e. The molecule has 0 radical (unpaired) electrons. The molecule has 0 spiro atoms. The first-order valence-electron chi connectivity index (χ1n) is 7.51. The van der Waals surface area contributed by atoms with Gasteiger partial charge < -0.3 is 10.2 Å². The molecular formula is C15H27N3S. The van der Waals surface area contributed by atoms with Crippen LogP contribution >= 0.6 is 11.3 Å². The highest BCUT2D eigenvalue weighted by Crippen LogP contribution is 2.34. The lowest BCUT2D eigenvalue weighted by molar-refractivity contribution is 0.321. The molecular weight excluding hydrogens is 254 g/mol. The van der Waals surface area contributed by atoms with Gasteiger partial charge in [0, 0.05) is 25.0 Å². The predicted octanol–water partition coefficient (Wildman–Crippen LogP) is 3.61. The lowest BCUT2D eigenvalue weighted by atomic mass is 9.85. The van der Waals surface area contributed by atoms with Crippen LogP contribution in [0, 0.1) is 5.92 Å². The first-order valence-corrected chi connectivity index (χ1v) is 8.32. The van der Waals surface area contributed by atoms with Gasteiger partial charge in [0.15, 0.2) is 5.13 Å². The molecule has 3 nitrogen and oxygen atoms in total. The van der Waals surface area contributed by atoms with Crippen LogP contribution in [0.15, 0.2) is 0 Å². The smallest absolute Gasteiger partial charge is 0.185 e. The number of nitrogens with zero attached hydrogens (tertiary/aromatic N) is 2. The number of aromatic nitrogens is 1. The summed E-state index contributed by atoms with van der Waals surface area (Å²) in [5.74, 6) is 1.46. The SMILES string of the molecule is CCC(C)c1nc(N(C)CC2CCC2)sc1CNC. The number of hydrogen-bond acceptors (Lipinski definition) is 4. The second kappa shape index (κ2) is 6.71. The maximum absolute atomic E-state index is 4.92. The van der Waals surface area contributed by atoms with E-state index in [9.17, 15) is 0 Å². The average molecular weight is 281 g/mol. The van der Waals surface area contributed by atoms with Crippen molar-refractivity contribution in [1.29, 1.82) is 0 Å². The summed E-state index contributed by atoms with van der Waals surface area (Å²) in [6, 6.07) is 0. The van der Waals surface area contributed by atoms with Crippen LogP contribution < -0.4 is 10.2 Å². The molecule has 19 heavy (non-hydrogen) atoms. The number of anilines is 1. The Labute approximate surface area is 121 Å². The summed E-state index contributed by atoms with van der Waals surface area (Å²) in [4.78, 5) is 8.69. The molecule has 0 aromatic carbocycles. The molecule has 1 N–H and O–H groups in total. The van der Waals surface area contributed by atoms with Gasteiger partial charge in [-0.15, -0.1) is 11.3 Å². The lowest BCUT2D eigenvalue weighted by Crippen LogP contribution is -2.29. The van der Waals surface area contributed by atoms with E-state index >= 15 is 0 Å². The second-order valence-corrected chi connectivity index (χ2v) is 6.88. The van der Waals surface area contributed by atoms with Gasteiger partial charge in [-0.2, -0.15) is 0 Å². The highest BCUT2D eigenvalue weighted by Gasteiger charge is 2.22. The molecule has 0 amide bonds. The van der Waals surface area contributed by atoms with Crippen molar-refractivity contribution in [1.82, 2.24) is 10.3 Å². The first-order chi connectivity index (χ1) is 9.15. The minimum Gasteiger partial charge on any atom is -0.351 e. The van der Waals surface area contributed by atoms with E-state index in [0.717, 1.165) is 18.9 Å². The standard InChI is InChI=1S/C15H27N3S/c1-5-11(2)14-13(9-16-3)19-15(17-14)18(4)10-12-7-6-8-12/h11-12,16H,5-10H2,1-4H3. The summed E-state index contributed by atoms with van der Waals surface area (Å²) in [5, 5.41) is 4.47. The van der Waals surface area contributed by atoms with Crippen LogP contribution in [0.4, 0.5) is 5.13 Å². The molecule has 0 saturated heterocycles.